The summed E-state index contributed by atoms with van der Waals surface area (Å²) in [7, 11) is 1.73. The highest BCUT2D eigenvalue weighted by atomic mass is 35.5. The van der Waals surface area contributed by atoms with Gasteiger partial charge < -0.3 is 4.90 Å². The molecular weight excluding hydrogens is 396 g/mol. The Labute approximate surface area is 171 Å². The summed E-state index contributed by atoms with van der Waals surface area (Å²) in [6.45, 7) is 1.35. The average Bonchev–Trinajstić information content (AvgIpc) is 3.16. The zero-order chi connectivity index (χ0) is 19.7. The van der Waals surface area contributed by atoms with Gasteiger partial charge in [0.1, 0.15) is 0 Å². The van der Waals surface area contributed by atoms with Crippen LogP contribution in [-0.4, -0.2) is 33.4 Å². The lowest BCUT2D eigenvalue weighted by Gasteiger charge is -2.32. The summed E-state index contributed by atoms with van der Waals surface area (Å²) >= 11 is 7.29. The molecule has 8 heteroatoms. The van der Waals surface area contributed by atoms with Crippen LogP contribution in [0.15, 0.2) is 47.5 Å². The minimum absolute atomic E-state index is 0.0219. The third-order valence-electron chi connectivity index (χ3n) is 5.05. The first-order chi connectivity index (χ1) is 13.5. The van der Waals surface area contributed by atoms with Gasteiger partial charge in [0, 0.05) is 50.1 Å². The summed E-state index contributed by atoms with van der Waals surface area (Å²) in [5, 5.41) is 0. The molecular formula is C20H19ClN4O2S. The summed E-state index contributed by atoms with van der Waals surface area (Å²) in [4.78, 5) is 36.7. The molecule has 0 aromatic carbocycles. The van der Waals surface area contributed by atoms with E-state index in [2.05, 4.69) is 9.88 Å². The van der Waals surface area contributed by atoms with E-state index in [1.54, 1.807) is 36.1 Å². The fourth-order valence-corrected chi connectivity index (χ4v) is 4.53. The highest BCUT2D eigenvalue weighted by Gasteiger charge is 2.28. The van der Waals surface area contributed by atoms with Gasteiger partial charge in [-0.15, -0.1) is 11.3 Å². The molecule has 0 aliphatic carbocycles. The van der Waals surface area contributed by atoms with E-state index in [9.17, 15) is 9.59 Å². The number of hydrogen-bond donors (Lipinski definition) is 0. The zero-order valence-corrected chi connectivity index (χ0v) is 16.9. The summed E-state index contributed by atoms with van der Waals surface area (Å²) in [5.74, 6) is 0.764. The van der Waals surface area contributed by atoms with Gasteiger partial charge in [-0.1, -0.05) is 11.6 Å². The van der Waals surface area contributed by atoms with Gasteiger partial charge in [0.2, 0.25) is 5.95 Å². The molecule has 3 aromatic rings. The van der Waals surface area contributed by atoms with Gasteiger partial charge in [0.15, 0.2) is 5.78 Å². The lowest BCUT2D eigenvalue weighted by molar-refractivity contribution is 0.0904. The molecule has 0 atom stereocenters. The number of carbonyl (C=O) groups excluding carboxylic acids is 1. The van der Waals surface area contributed by atoms with Crippen molar-refractivity contribution in [3.63, 3.8) is 0 Å². The molecule has 6 nitrogen and oxygen atoms in total. The van der Waals surface area contributed by atoms with E-state index < -0.39 is 0 Å². The fourth-order valence-electron chi connectivity index (χ4n) is 3.47. The van der Waals surface area contributed by atoms with E-state index in [0.717, 1.165) is 18.4 Å². The van der Waals surface area contributed by atoms with Crippen molar-refractivity contribution in [2.24, 2.45) is 13.0 Å². The van der Waals surface area contributed by atoms with Crippen molar-refractivity contribution in [3.8, 4) is 11.3 Å². The molecule has 0 amide bonds. The number of halogens is 1. The standard InChI is InChI=1S/C20H19ClN4O2S/c1-24-18(26)12-15(13-4-8-22-9-5-13)23-20(24)25-10-6-14(7-11-25)19(27)16-2-3-17(21)28-16/h2-5,8-9,12,14H,6-7,10-11H2,1H3. The summed E-state index contributed by atoms with van der Waals surface area (Å²) in [6, 6.07) is 8.77. The van der Waals surface area contributed by atoms with E-state index in [1.807, 2.05) is 12.1 Å². The Hall–Kier alpha value is -2.51. The highest BCUT2D eigenvalue weighted by molar-refractivity contribution is 7.18. The molecule has 4 heterocycles. The van der Waals surface area contributed by atoms with Crippen LogP contribution in [0.2, 0.25) is 4.34 Å². The van der Waals surface area contributed by atoms with Crippen LogP contribution in [0.1, 0.15) is 22.5 Å². The van der Waals surface area contributed by atoms with Crippen LogP contribution in [0.4, 0.5) is 5.95 Å². The largest absolute Gasteiger partial charge is 0.342 e. The van der Waals surface area contributed by atoms with Crippen LogP contribution < -0.4 is 10.5 Å². The van der Waals surface area contributed by atoms with Crippen LogP contribution in [0, 0.1) is 5.92 Å². The van der Waals surface area contributed by atoms with E-state index in [0.29, 0.717) is 33.9 Å². The van der Waals surface area contributed by atoms with Gasteiger partial charge in [0.25, 0.3) is 5.56 Å². The zero-order valence-electron chi connectivity index (χ0n) is 15.3. The Balaban J connectivity index is 1.54. The monoisotopic (exact) mass is 414 g/mol. The minimum atomic E-state index is -0.108. The Bertz CT molecular complexity index is 1060. The number of hydrogen-bond acceptors (Lipinski definition) is 6. The summed E-state index contributed by atoms with van der Waals surface area (Å²) in [5.41, 5.74) is 1.38. The third kappa shape index (κ3) is 3.72. The number of carbonyl (C=O) groups is 1. The van der Waals surface area contributed by atoms with Crippen molar-refractivity contribution >= 4 is 34.7 Å². The molecule has 3 aromatic heterocycles. The second-order valence-electron chi connectivity index (χ2n) is 6.80. The van der Waals surface area contributed by atoms with Gasteiger partial charge >= 0.3 is 0 Å². The van der Waals surface area contributed by atoms with E-state index >= 15 is 0 Å². The predicted molar refractivity (Wildman–Crippen MR) is 111 cm³/mol. The molecule has 0 unspecified atom stereocenters. The highest BCUT2D eigenvalue weighted by Crippen LogP contribution is 2.29. The van der Waals surface area contributed by atoms with Crippen molar-refractivity contribution in [1.29, 1.82) is 0 Å². The molecule has 0 bridgehead atoms. The third-order valence-corrected chi connectivity index (χ3v) is 6.30. The SMILES string of the molecule is Cn1c(N2CCC(C(=O)c3ccc(Cl)s3)CC2)nc(-c2ccncc2)cc1=O. The topological polar surface area (TPSA) is 68.1 Å². The molecule has 4 rings (SSSR count). The van der Waals surface area contributed by atoms with Crippen molar-refractivity contribution < 1.29 is 4.79 Å². The Morgan fingerprint density at radius 2 is 1.89 bits per heavy atom. The molecule has 0 spiro atoms. The maximum Gasteiger partial charge on any atom is 0.255 e. The quantitative estimate of drug-likeness (QED) is 0.609. The number of anilines is 1. The van der Waals surface area contributed by atoms with Crippen molar-refractivity contribution in [2.45, 2.75) is 12.8 Å². The van der Waals surface area contributed by atoms with Crippen molar-refractivity contribution in [1.82, 2.24) is 14.5 Å². The first kappa shape index (κ1) is 18.8. The van der Waals surface area contributed by atoms with Gasteiger partial charge in [0.05, 0.1) is 14.9 Å². The van der Waals surface area contributed by atoms with Crippen LogP contribution >= 0.6 is 22.9 Å². The van der Waals surface area contributed by atoms with Gasteiger partial charge in [-0.25, -0.2) is 4.98 Å². The van der Waals surface area contributed by atoms with Gasteiger partial charge in [-0.05, 0) is 37.1 Å². The van der Waals surface area contributed by atoms with Crippen molar-refractivity contribution in [3.05, 3.63) is 62.3 Å². The van der Waals surface area contributed by atoms with Crippen LogP contribution in [0.25, 0.3) is 11.3 Å². The normalized spacial score (nSPS) is 15.0. The number of Topliss-reactive ketones (excluding diaryl/α,β-unsaturated/α-hetero) is 1. The summed E-state index contributed by atoms with van der Waals surface area (Å²) in [6.07, 6.45) is 4.82. The van der Waals surface area contributed by atoms with Gasteiger partial charge in [-0.3, -0.25) is 19.1 Å². The second kappa shape index (κ2) is 7.85. The molecule has 28 heavy (non-hydrogen) atoms. The van der Waals surface area contributed by atoms with Crippen LogP contribution in [0.5, 0.6) is 0 Å². The number of aromatic nitrogens is 3. The van der Waals surface area contributed by atoms with Crippen molar-refractivity contribution in [2.75, 3.05) is 18.0 Å². The van der Waals surface area contributed by atoms with Gasteiger partial charge in [-0.2, -0.15) is 0 Å². The Kier molecular flexibility index (Phi) is 5.28. The average molecular weight is 415 g/mol. The summed E-state index contributed by atoms with van der Waals surface area (Å²) < 4.78 is 2.19. The minimum Gasteiger partial charge on any atom is -0.342 e. The van der Waals surface area contributed by atoms with Crippen LogP contribution in [-0.2, 0) is 7.05 Å². The first-order valence-electron chi connectivity index (χ1n) is 9.06. The molecule has 0 N–H and O–H groups in total. The maximum atomic E-state index is 12.7. The molecule has 1 saturated heterocycles. The Morgan fingerprint density at radius 3 is 2.54 bits per heavy atom. The lowest BCUT2D eigenvalue weighted by Crippen LogP contribution is -2.39. The molecule has 1 aliphatic rings. The number of thiophene rings is 1. The van der Waals surface area contributed by atoms with E-state index in [4.69, 9.17) is 16.6 Å². The van der Waals surface area contributed by atoms with Crippen LogP contribution in [0.3, 0.4) is 0 Å². The number of nitrogens with zero attached hydrogens (tertiary/aromatic N) is 4. The molecule has 1 fully saturated rings. The first-order valence-corrected chi connectivity index (χ1v) is 10.3. The van der Waals surface area contributed by atoms with E-state index in [1.165, 1.54) is 17.4 Å². The lowest BCUT2D eigenvalue weighted by atomic mass is 9.92. The molecule has 0 saturated carbocycles. The molecule has 144 valence electrons. The molecule has 1 aliphatic heterocycles. The second-order valence-corrected chi connectivity index (χ2v) is 8.52. The Morgan fingerprint density at radius 1 is 1.18 bits per heavy atom. The number of rotatable bonds is 4. The predicted octanol–water partition coefficient (Wildman–Crippen LogP) is 3.66. The molecule has 0 radical (unpaired) electrons. The number of ketones is 1. The number of piperidine rings is 1. The maximum absolute atomic E-state index is 12.7. The van der Waals surface area contributed by atoms with E-state index in [-0.39, 0.29) is 17.3 Å². The smallest absolute Gasteiger partial charge is 0.255 e. The number of pyridine rings is 1. The fraction of sp³-hybridized carbons (Fsp3) is 0.300.